The molecule has 0 amide bonds. The lowest BCUT2D eigenvalue weighted by atomic mass is 9.86. The number of benzene rings is 11. The quantitative estimate of drug-likeness (QED) is 0.133. The van der Waals surface area contributed by atoms with Gasteiger partial charge in [-0.15, -0.1) is 0 Å². The van der Waals surface area contributed by atoms with Crippen molar-refractivity contribution in [1.29, 1.82) is 0 Å². The summed E-state index contributed by atoms with van der Waals surface area (Å²) in [6, 6.07) is 99.0. The highest BCUT2D eigenvalue weighted by Gasteiger charge is 2.22. The van der Waals surface area contributed by atoms with Crippen molar-refractivity contribution in [2.45, 2.75) is 0 Å². The molecule has 11 aromatic carbocycles. The van der Waals surface area contributed by atoms with Crippen molar-refractivity contribution in [3.05, 3.63) is 273 Å². The third-order valence-corrected chi connectivity index (χ3v) is 12.5. The maximum Gasteiger partial charge on any atom is 0.0540 e. The number of hydrogen-bond donors (Lipinski definition) is 0. The van der Waals surface area contributed by atoms with Crippen LogP contribution in [-0.4, -0.2) is 0 Å². The standard InChI is InChI=1S/C64H45N/c1-4-17-46(18-5-1)49-31-33-50(34-32-49)51-37-40-57(41-38-51)65(58-26-16-25-54(44-58)55-36-35-48-21-10-11-24-53(48)43-55)64-30-15-14-29-62(64)61-42-39-56(47-19-6-2-7-20-47)45-63(61)60-28-13-12-27-59(60)52-22-8-3-9-23-52/h1-45H. The molecule has 0 fully saturated rings. The predicted octanol–water partition coefficient (Wildman–Crippen LogP) is 18.0. The lowest BCUT2D eigenvalue weighted by Gasteiger charge is -2.29. The van der Waals surface area contributed by atoms with Gasteiger partial charge in [-0.1, -0.05) is 231 Å². The SMILES string of the molecule is c1ccc(-c2ccc(-c3ccc(N(c4cccc(-c5ccc6ccccc6c5)c4)c4ccccc4-c4ccc(-c5ccccc5)cc4-c4ccccc4-c4ccccc4)cc3)cc2)cc1. The van der Waals surface area contributed by atoms with Crippen LogP contribution >= 0.6 is 0 Å². The summed E-state index contributed by atoms with van der Waals surface area (Å²) in [7, 11) is 0. The average molecular weight is 828 g/mol. The molecule has 0 aliphatic carbocycles. The summed E-state index contributed by atoms with van der Waals surface area (Å²) in [5.74, 6) is 0. The zero-order valence-electron chi connectivity index (χ0n) is 35.9. The van der Waals surface area contributed by atoms with Gasteiger partial charge >= 0.3 is 0 Å². The van der Waals surface area contributed by atoms with Gasteiger partial charge in [0.1, 0.15) is 0 Å². The highest BCUT2D eigenvalue weighted by molar-refractivity contribution is 5.99. The van der Waals surface area contributed by atoms with Crippen LogP contribution in [0, 0.1) is 0 Å². The van der Waals surface area contributed by atoms with Crippen LogP contribution in [0.5, 0.6) is 0 Å². The number of anilines is 3. The van der Waals surface area contributed by atoms with Crippen LogP contribution in [-0.2, 0) is 0 Å². The van der Waals surface area contributed by atoms with E-state index in [9.17, 15) is 0 Å². The summed E-state index contributed by atoms with van der Waals surface area (Å²) < 4.78 is 0. The number of para-hydroxylation sites is 1. The molecule has 0 unspecified atom stereocenters. The Labute approximate surface area is 381 Å². The Morgan fingerprint density at radius 2 is 0.615 bits per heavy atom. The summed E-state index contributed by atoms with van der Waals surface area (Å²) in [6.07, 6.45) is 0. The first-order valence-electron chi connectivity index (χ1n) is 22.3. The van der Waals surface area contributed by atoms with E-state index in [1.165, 1.54) is 72.0 Å². The Morgan fingerprint density at radius 3 is 1.29 bits per heavy atom. The minimum absolute atomic E-state index is 1.07. The van der Waals surface area contributed by atoms with Crippen LogP contribution in [0.25, 0.3) is 88.7 Å². The Balaban J connectivity index is 1.08. The molecule has 0 spiro atoms. The van der Waals surface area contributed by atoms with E-state index in [2.05, 4.69) is 278 Å². The molecule has 11 aromatic rings. The smallest absolute Gasteiger partial charge is 0.0540 e. The Bertz CT molecular complexity index is 3390. The van der Waals surface area contributed by atoms with E-state index in [1.807, 2.05) is 0 Å². The molecule has 0 saturated carbocycles. The van der Waals surface area contributed by atoms with Crippen LogP contribution in [0.4, 0.5) is 17.1 Å². The summed E-state index contributed by atoms with van der Waals surface area (Å²) in [4.78, 5) is 2.43. The van der Waals surface area contributed by atoms with Gasteiger partial charge in [0, 0.05) is 16.9 Å². The second kappa shape index (κ2) is 17.7. The summed E-state index contributed by atoms with van der Waals surface area (Å²) in [5, 5.41) is 2.47. The van der Waals surface area contributed by atoms with Crippen molar-refractivity contribution in [3.8, 4) is 77.9 Å². The monoisotopic (exact) mass is 827 g/mol. The molecule has 0 aromatic heterocycles. The first-order chi connectivity index (χ1) is 32.2. The predicted molar refractivity (Wildman–Crippen MR) is 277 cm³/mol. The number of hydrogen-bond acceptors (Lipinski definition) is 1. The van der Waals surface area contributed by atoms with Gasteiger partial charge in [-0.05, 0) is 126 Å². The average Bonchev–Trinajstić information content (AvgIpc) is 3.40. The molecule has 1 nitrogen and oxygen atoms in total. The van der Waals surface area contributed by atoms with Gasteiger partial charge in [0.05, 0.1) is 5.69 Å². The maximum atomic E-state index is 2.43. The van der Waals surface area contributed by atoms with Crippen LogP contribution in [0.3, 0.4) is 0 Å². The van der Waals surface area contributed by atoms with E-state index in [0.717, 1.165) is 33.8 Å². The second-order valence-corrected chi connectivity index (χ2v) is 16.5. The third-order valence-electron chi connectivity index (χ3n) is 12.5. The number of rotatable bonds is 10. The van der Waals surface area contributed by atoms with E-state index in [0.29, 0.717) is 0 Å². The zero-order chi connectivity index (χ0) is 43.4. The normalized spacial score (nSPS) is 11.1. The van der Waals surface area contributed by atoms with Gasteiger partial charge in [-0.2, -0.15) is 0 Å². The van der Waals surface area contributed by atoms with E-state index in [1.54, 1.807) is 0 Å². The maximum absolute atomic E-state index is 2.43. The Kier molecular flexibility index (Phi) is 10.7. The third kappa shape index (κ3) is 8.04. The van der Waals surface area contributed by atoms with E-state index in [-0.39, 0.29) is 0 Å². The second-order valence-electron chi connectivity index (χ2n) is 16.5. The highest BCUT2D eigenvalue weighted by atomic mass is 15.1. The molecular formula is C64H45N. The van der Waals surface area contributed by atoms with Crippen LogP contribution in [0.2, 0.25) is 0 Å². The summed E-state index contributed by atoms with van der Waals surface area (Å²) in [6.45, 7) is 0. The fraction of sp³-hybridized carbons (Fsp3) is 0. The fourth-order valence-electron chi connectivity index (χ4n) is 9.21. The van der Waals surface area contributed by atoms with Crippen LogP contribution in [0.1, 0.15) is 0 Å². The number of nitrogens with zero attached hydrogens (tertiary/aromatic N) is 1. The number of fused-ring (bicyclic) bond motifs is 1. The molecule has 11 rings (SSSR count). The van der Waals surface area contributed by atoms with E-state index in [4.69, 9.17) is 0 Å². The molecule has 0 radical (unpaired) electrons. The van der Waals surface area contributed by atoms with Gasteiger partial charge < -0.3 is 4.90 Å². The highest BCUT2D eigenvalue weighted by Crippen LogP contribution is 2.47. The molecule has 1 heteroatoms. The van der Waals surface area contributed by atoms with E-state index >= 15 is 0 Å². The summed E-state index contributed by atoms with van der Waals surface area (Å²) >= 11 is 0. The fourth-order valence-corrected chi connectivity index (χ4v) is 9.21. The molecular weight excluding hydrogens is 783 g/mol. The lowest BCUT2D eigenvalue weighted by molar-refractivity contribution is 1.28. The first-order valence-corrected chi connectivity index (χ1v) is 22.3. The Morgan fingerprint density at radius 1 is 0.185 bits per heavy atom. The molecule has 65 heavy (non-hydrogen) atoms. The minimum atomic E-state index is 1.07. The van der Waals surface area contributed by atoms with Crippen LogP contribution in [0.15, 0.2) is 273 Å². The molecule has 306 valence electrons. The topological polar surface area (TPSA) is 3.24 Å². The Hall–Kier alpha value is -8.52. The van der Waals surface area contributed by atoms with Gasteiger partial charge in [-0.25, -0.2) is 0 Å². The van der Waals surface area contributed by atoms with Crippen molar-refractivity contribution in [1.82, 2.24) is 0 Å². The molecule has 0 atom stereocenters. The minimum Gasteiger partial charge on any atom is -0.310 e. The van der Waals surface area contributed by atoms with Crippen molar-refractivity contribution in [2.24, 2.45) is 0 Å². The molecule has 0 heterocycles. The molecule has 0 saturated heterocycles. The zero-order valence-corrected chi connectivity index (χ0v) is 35.9. The summed E-state index contributed by atoms with van der Waals surface area (Å²) in [5.41, 5.74) is 19.8. The van der Waals surface area contributed by atoms with Gasteiger partial charge in [0.15, 0.2) is 0 Å². The van der Waals surface area contributed by atoms with Crippen LogP contribution < -0.4 is 4.90 Å². The van der Waals surface area contributed by atoms with Crippen molar-refractivity contribution >= 4 is 27.8 Å². The van der Waals surface area contributed by atoms with Gasteiger partial charge in [0.2, 0.25) is 0 Å². The lowest BCUT2D eigenvalue weighted by Crippen LogP contribution is -2.11. The first kappa shape index (κ1) is 39.3. The van der Waals surface area contributed by atoms with E-state index < -0.39 is 0 Å². The van der Waals surface area contributed by atoms with Crippen molar-refractivity contribution < 1.29 is 0 Å². The van der Waals surface area contributed by atoms with Crippen molar-refractivity contribution in [3.63, 3.8) is 0 Å². The molecule has 0 aliphatic rings. The largest absolute Gasteiger partial charge is 0.310 e. The van der Waals surface area contributed by atoms with Gasteiger partial charge in [-0.3, -0.25) is 0 Å². The molecule has 0 N–H and O–H groups in total. The molecule has 0 aliphatic heterocycles. The van der Waals surface area contributed by atoms with Crippen molar-refractivity contribution in [2.75, 3.05) is 4.90 Å². The van der Waals surface area contributed by atoms with Gasteiger partial charge in [0.25, 0.3) is 0 Å². The molecule has 0 bridgehead atoms.